The summed E-state index contributed by atoms with van der Waals surface area (Å²) in [6, 6.07) is 5.67. The van der Waals surface area contributed by atoms with E-state index in [0.717, 1.165) is 24.1 Å². The fourth-order valence-corrected chi connectivity index (χ4v) is 2.31. The summed E-state index contributed by atoms with van der Waals surface area (Å²) < 4.78 is 0. The van der Waals surface area contributed by atoms with Gasteiger partial charge in [0.1, 0.15) is 0 Å². The Bertz CT molecular complexity index is 395. The molecule has 0 spiro atoms. The molecule has 112 valence electrons. The van der Waals surface area contributed by atoms with Gasteiger partial charge in [-0.15, -0.1) is 0 Å². The number of nitrogen functional groups attached to an aromatic ring is 1. The molecule has 0 heterocycles. The summed E-state index contributed by atoms with van der Waals surface area (Å²) in [4.78, 5) is 11.9. The zero-order valence-electron chi connectivity index (χ0n) is 12.9. The lowest BCUT2D eigenvalue weighted by molar-refractivity contribution is -0.116. The van der Waals surface area contributed by atoms with Crippen molar-refractivity contribution < 1.29 is 4.79 Å². The van der Waals surface area contributed by atoms with Gasteiger partial charge in [0.25, 0.3) is 0 Å². The Hall–Kier alpha value is -1.51. The third kappa shape index (κ3) is 6.09. The second-order valence-corrected chi connectivity index (χ2v) is 5.46. The van der Waals surface area contributed by atoms with Crippen molar-refractivity contribution in [3.8, 4) is 0 Å². The van der Waals surface area contributed by atoms with Crippen molar-refractivity contribution in [2.24, 2.45) is 0 Å². The van der Waals surface area contributed by atoms with Crippen molar-refractivity contribution >= 4 is 17.3 Å². The van der Waals surface area contributed by atoms with Crippen molar-refractivity contribution in [3.63, 3.8) is 0 Å². The van der Waals surface area contributed by atoms with Gasteiger partial charge in [0.2, 0.25) is 5.91 Å². The molecule has 3 nitrogen and oxygen atoms in total. The molecule has 0 unspecified atom stereocenters. The zero-order chi connectivity index (χ0) is 14.8. The van der Waals surface area contributed by atoms with E-state index in [1.54, 1.807) is 0 Å². The number of hydrogen-bond acceptors (Lipinski definition) is 2. The predicted octanol–water partition coefficient (Wildman–Crippen LogP) is 4.66. The van der Waals surface area contributed by atoms with Crippen LogP contribution in [0.5, 0.6) is 0 Å². The summed E-state index contributed by atoms with van der Waals surface area (Å²) >= 11 is 0. The van der Waals surface area contributed by atoms with Crippen molar-refractivity contribution in [2.75, 3.05) is 11.1 Å². The molecule has 0 aliphatic rings. The van der Waals surface area contributed by atoms with E-state index in [-0.39, 0.29) is 5.91 Å². The van der Waals surface area contributed by atoms with Gasteiger partial charge < -0.3 is 11.1 Å². The van der Waals surface area contributed by atoms with Crippen LogP contribution in [0.3, 0.4) is 0 Å². The van der Waals surface area contributed by atoms with Gasteiger partial charge in [-0.3, -0.25) is 4.79 Å². The molecule has 0 aromatic heterocycles. The molecule has 0 atom stereocenters. The summed E-state index contributed by atoms with van der Waals surface area (Å²) in [5.41, 5.74) is 8.29. The predicted molar refractivity (Wildman–Crippen MR) is 86.8 cm³/mol. The number of benzene rings is 1. The van der Waals surface area contributed by atoms with E-state index >= 15 is 0 Å². The van der Waals surface area contributed by atoms with Crippen LogP contribution in [0.4, 0.5) is 11.4 Å². The molecule has 0 aliphatic heterocycles. The number of carbonyl (C=O) groups is 1. The van der Waals surface area contributed by atoms with Gasteiger partial charge in [-0.2, -0.15) is 0 Å². The molecule has 0 radical (unpaired) electrons. The molecule has 3 N–H and O–H groups in total. The highest BCUT2D eigenvalue weighted by Gasteiger charge is 2.07. The van der Waals surface area contributed by atoms with Crippen molar-refractivity contribution in [1.82, 2.24) is 0 Å². The van der Waals surface area contributed by atoms with E-state index in [2.05, 4.69) is 12.2 Å². The maximum absolute atomic E-state index is 11.9. The van der Waals surface area contributed by atoms with E-state index < -0.39 is 0 Å². The number of aryl methyl sites for hydroxylation is 1. The molecule has 1 aromatic carbocycles. The van der Waals surface area contributed by atoms with E-state index in [4.69, 9.17) is 5.73 Å². The third-order valence-corrected chi connectivity index (χ3v) is 3.58. The van der Waals surface area contributed by atoms with Crippen LogP contribution >= 0.6 is 0 Å². The molecule has 0 saturated carbocycles. The summed E-state index contributed by atoms with van der Waals surface area (Å²) in [6.45, 7) is 4.18. The molecule has 1 rings (SSSR count). The quantitative estimate of drug-likeness (QED) is 0.509. The van der Waals surface area contributed by atoms with Gasteiger partial charge in [-0.05, 0) is 25.0 Å². The van der Waals surface area contributed by atoms with Crippen LogP contribution in [0.2, 0.25) is 0 Å². The molecule has 0 aliphatic carbocycles. The number of anilines is 2. The summed E-state index contributed by atoms with van der Waals surface area (Å²) in [5, 5.41) is 2.93. The number of unbranched alkanes of at least 4 members (excludes halogenated alkanes) is 6. The van der Waals surface area contributed by atoms with Crippen molar-refractivity contribution in [3.05, 3.63) is 23.8 Å². The molecular formula is C17H28N2O. The molecule has 1 amide bonds. The Balaban J connectivity index is 2.21. The number of para-hydroxylation sites is 1. The minimum absolute atomic E-state index is 0.0690. The largest absolute Gasteiger partial charge is 0.397 e. The molecule has 3 heteroatoms. The normalized spacial score (nSPS) is 10.5. The molecule has 20 heavy (non-hydrogen) atoms. The number of amides is 1. The van der Waals surface area contributed by atoms with E-state index in [9.17, 15) is 4.79 Å². The summed E-state index contributed by atoms with van der Waals surface area (Å²) in [6.07, 6.45) is 9.14. The van der Waals surface area contributed by atoms with Crippen LogP contribution in [-0.4, -0.2) is 5.91 Å². The van der Waals surface area contributed by atoms with Gasteiger partial charge in [0.05, 0.1) is 11.4 Å². The number of nitrogens with two attached hydrogens (primary N) is 1. The zero-order valence-corrected chi connectivity index (χ0v) is 12.9. The average Bonchev–Trinajstić information content (AvgIpc) is 2.42. The Morgan fingerprint density at radius 2 is 1.75 bits per heavy atom. The maximum Gasteiger partial charge on any atom is 0.224 e. The van der Waals surface area contributed by atoms with Gasteiger partial charge in [-0.1, -0.05) is 57.6 Å². The van der Waals surface area contributed by atoms with Crippen LogP contribution in [0, 0.1) is 6.92 Å². The van der Waals surface area contributed by atoms with E-state index in [1.807, 2.05) is 25.1 Å². The number of nitrogens with one attached hydrogen (secondary N) is 1. The van der Waals surface area contributed by atoms with Gasteiger partial charge >= 0.3 is 0 Å². The third-order valence-electron chi connectivity index (χ3n) is 3.58. The summed E-state index contributed by atoms with van der Waals surface area (Å²) in [5.74, 6) is 0.0690. The van der Waals surface area contributed by atoms with E-state index in [1.165, 1.54) is 32.1 Å². The van der Waals surface area contributed by atoms with Crippen LogP contribution in [0.1, 0.15) is 63.9 Å². The first-order valence-electron chi connectivity index (χ1n) is 7.80. The van der Waals surface area contributed by atoms with Gasteiger partial charge in [0.15, 0.2) is 0 Å². The van der Waals surface area contributed by atoms with E-state index in [0.29, 0.717) is 12.1 Å². The minimum Gasteiger partial charge on any atom is -0.397 e. The molecule has 0 fully saturated rings. The number of hydrogen-bond donors (Lipinski definition) is 2. The second-order valence-electron chi connectivity index (χ2n) is 5.46. The monoisotopic (exact) mass is 276 g/mol. The standard InChI is InChI=1S/C17H28N2O/c1-3-4-5-6-7-8-9-13-16(20)19-17-14(2)11-10-12-15(17)18/h10-12H,3-9,13,18H2,1-2H3,(H,19,20). The SMILES string of the molecule is CCCCCCCCCC(=O)Nc1c(C)cccc1N. The Kier molecular flexibility index (Phi) is 7.78. The lowest BCUT2D eigenvalue weighted by atomic mass is 10.1. The fraction of sp³-hybridized carbons (Fsp3) is 0.588. The maximum atomic E-state index is 11.9. The van der Waals surface area contributed by atoms with Crippen LogP contribution in [0.15, 0.2) is 18.2 Å². The molecular weight excluding hydrogens is 248 g/mol. The van der Waals surface area contributed by atoms with Gasteiger partial charge in [-0.25, -0.2) is 0 Å². The van der Waals surface area contributed by atoms with Crippen LogP contribution in [0.25, 0.3) is 0 Å². The number of rotatable bonds is 9. The Labute approximate surface area is 122 Å². The van der Waals surface area contributed by atoms with Crippen LogP contribution < -0.4 is 11.1 Å². The topological polar surface area (TPSA) is 55.1 Å². The highest BCUT2D eigenvalue weighted by atomic mass is 16.1. The number of carbonyl (C=O) groups excluding carboxylic acids is 1. The molecule has 0 saturated heterocycles. The summed E-state index contributed by atoms with van der Waals surface area (Å²) in [7, 11) is 0. The lowest BCUT2D eigenvalue weighted by Gasteiger charge is -2.11. The first-order chi connectivity index (χ1) is 9.65. The first kappa shape index (κ1) is 16.5. The van der Waals surface area contributed by atoms with Crippen molar-refractivity contribution in [2.45, 2.75) is 65.2 Å². The Morgan fingerprint density at radius 3 is 2.40 bits per heavy atom. The van der Waals surface area contributed by atoms with Gasteiger partial charge in [0, 0.05) is 6.42 Å². The van der Waals surface area contributed by atoms with Crippen LogP contribution in [-0.2, 0) is 4.79 Å². The van der Waals surface area contributed by atoms with Crippen molar-refractivity contribution in [1.29, 1.82) is 0 Å². The lowest BCUT2D eigenvalue weighted by Crippen LogP contribution is -2.13. The highest BCUT2D eigenvalue weighted by molar-refractivity contribution is 5.94. The molecule has 1 aromatic rings. The fourth-order valence-electron chi connectivity index (χ4n) is 2.31. The molecule has 0 bridgehead atoms. The average molecular weight is 276 g/mol. The second kappa shape index (κ2) is 9.40. The Morgan fingerprint density at radius 1 is 1.10 bits per heavy atom. The smallest absolute Gasteiger partial charge is 0.224 e. The highest BCUT2D eigenvalue weighted by Crippen LogP contribution is 2.22. The minimum atomic E-state index is 0.0690. The first-order valence-corrected chi connectivity index (χ1v) is 7.80.